The fourth-order valence-corrected chi connectivity index (χ4v) is 14.6. The van der Waals surface area contributed by atoms with E-state index in [1.54, 1.807) is 0 Å². The van der Waals surface area contributed by atoms with Crippen molar-refractivity contribution in [1.29, 1.82) is 0 Å². The minimum Gasteiger partial charge on any atom is -0.313 e. The zero-order chi connectivity index (χ0) is 53.4. The lowest BCUT2D eigenvalue weighted by molar-refractivity contribution is 0.649. The fraction of sp³-hybridized carbons (Fsp3) is 0.143. The maximum atomic E-state index is 2.61. The number of rotatable bonds is 8. The summed E-state index contributed by atoms with van der Waals surface area (Å²) in [6, 6.07) is 86.6. The molecular formula is C77H62N2. The molecule has 0 saturated carbocycles. The third-order valence-electron chi connectivity index (χ3n) is 18.6. The molecule has 1 atom stereocenters. The van der Waals surface area contributed by atoms with E-state index in [9.17, 15) is 0 Å². The van der Waals surface area contributed by atoms with Gasteiger partial charge in [-0.3, -0.25) is 0 Å². The number of hydrogen-bond acceptors (Lipinski definition) is 2. The molecule has 2 nitrogen and oxygen atoms in total. The first-order valence-electron chi connectivity index (χ1n) is 28.3. The number of para-hydroxylation sites is 3. The summed E-state index contributed by atoms with van der Waals surface area (Å²) in [5.41, 5.74) is 26.6. The third kappa shape index (κ3) is 6.96. The highest BCUT2D eigenvalue weighted by atomic mass is 15.2. The van der Waals surface area contributed by atoms with E-state index >= 15 is 0 Å². The first-order valence-corrected chi connectivity index (χ1v) is 28.3. The minimum absolute atomic E-state index is 0.209. The molecule has 15 rings (SSSR count). The van der Waals surface area contributed by atoms with Crippen molar-refractivity contribution in [2.24, 2.45) is 0 Å². The Morgan fingerprint density at radius 1 is 0.342 bits per heavy atom. The van der Waals surface area contributed by atoms with Crippen LogP contribution in [0, 0.1) is 0 Å². The third-order valence-corrected chi connectivity index (χ3v) is 18.6. The van der Waals surface area contributed by atoms with Crippen molar-refractivity contribution < 1.29 is 0 Å². The normalized spacial score (nSPS) is 16.4. The maximum absolute atomic E-state index is 2.61. The quantitative estimate of drug-likeness (QED) is 0.150. The Kier molecular flexibility index (Phi) is 10.5. The summed E-state index contributed by atoms with van der Waals surface area (Å²) in [7, 11) is 0. The molecule has 0 spiro atoms. The van der Waals surface area contributed by atoms with E-state index in [1.165, 1.54) is 128 Å². The van der Waals surface area contributed by atoms with Gasteiger partial charge in [0.25, 0.3) is 0 Å². The first kappa shape index (κ1) is 47.3. The van der Waals surface area contributed by atoms with E-state index in [1.807, 2.05) is 0 Å². The van der Waals surface area contributed by atoms with Gasteiger partial charge in [-0.1, -0.05) is 217 Å². The van der Waals surface area contributed by atoms with Crippen molar-refractivity contribution >= 4 is 50.0 Å². The summed E-state index contributed by atoms with van der Waals surface area (Å²) in [5.74, 6) is 0.209. The average Bonchev–Trinajstić information content (AvgIpc) is 3.29. The van der Waals surface area contributed by atoms with E-state index < -0.39 is 0 Å². The van der Waals surface area contributed by atoms with Gasteiger partial charge in [0.1, 0.15) is 0 Å². The number of nitrogens with zero attached hydrogens (tertiary/aromatic N) is 2. The van der Waals surface area contributed by atoms with Gasteiger partial charge in [-0.2, -0.15) is 0 Å². The predicted octanol–water partition coefficient (Wildman–Crippen LogP) is 20.8. The second-order valence-corrected chi connectivity index (χ2v) is 23.9. The van der Waals surface area contributed by atoms with Gasteiger partial charge < -0.3 is 9.80 Å². The zero-order valence-corrected chi connectivity index (χ0v) is 45.9. The van der Waals surface area contributed by atoms with E-state index in [0.717, 1.165) is 17.8 Å². The molecule has 11 aromatic rings. The summed E-state index contributed by atoms with van der Waals surface area (Å²) in [6.07, 6.45) is 7.87. The molecule has 0 heterocycles. The van der Waals surface area contributed by atoms with Crippen LogP contribution in [0.4, 0.5) is 28.4 Å². The minimum atomic E-state index is -0.290. The highest BCUT2D eigenvalue weighted by Crippen LogP contribution is 2.62. The van der Waals surface area contributed by atoms with Crippen molar-refractivity contribution in [3.8, 4) is 44.5 Å². The van der Waals surface area contributed by atoms with Gasteiger partial charge in [-0.25, -0.2) is 0 Å². The van der Waals surface area contributed by atoms with Crippen LogP contribution in [0.25, 0.3) is 66.1 Å². The van der Waals surface area contributed by atoms with Crippen LogP contribution in [0.2, 0.25) is 0 Å². The lowest BCUT2D eigenvalue weighted by Gasteiger charge is -2.36. The molecule has 0 radical (unpaired) electrons. The van der Waals surface area contributed by atoms with Crippen LogP contribution in [-0.2, 0) is 16.2 Å². The van der Waals surface area contributed by atoms with Gasteiger partial charge >= 0.3 is 0 Å². The van der Waals surface area contributed by atoms with Crippen LogP contribution in [0.15, 0.2) is 254 Å². The van der Waals surface area contributed by atoms with E-state index in [2.05, 4.69) is 300 Å². The van der Waals surface area contributed by atoms with Crippen LogP contribution < -0.4 is 9.80 Å². The van der Waals surface area contributed by atoms with Crippen molar-refractivity contribution in [1.82, 2.24) is 0 Å². The molecule has 11 aromatic carbocycles. The molecule has 79 heavy (non-hydrogen) atoms. The van der Waals surface area contributed by atoms with Crippen LogP contribution >= 0.6 is 0 Å². The zero-order valence-electron chi connectivity index (χ0n) is 45.9. The van der Waals surface area contributed by atoms with Crippen molar-refractivity contribution in [2.45, 2.75) is 70.1 Å². The summed E-state index contributed by atoms with van der Waals surface area (Å²) in [5, 5.41) is 5.09. The molecular weight excluding hydrogens is 953 g/mol. The summed E-state index contributed by atoms with van der Waals surface area (Å²) in [4.78, 5) is 5.07. The van der Waals surface area contributed by atoms with Gasteiger partial charge in [0.15, 0.2) is 0 Å². The summed E-state index contributed by atoms with van der Waals surface area (Å²) < 4.78 is 0. The van der Waals surface area contributed by atoms with E-state index in [4.69, 9.17) is 0 Å². The molecule has 380 valence electrons. The number of anilines is 5. The smallest absolute Gasteiger partial charge is 0.0543 e. The lowest BCUT2D eigenvalue weighted by Crippen LogP contribution is -2.24. The maximum Gasteiger partial charge on any atom is 0.0543 e. The van der Waals surface area contributed by atoms with Gasteiger partial charge in [-0.05, 0) is 168 Å². The highest BCUT2D eigenvalue weighted by Gasteiger charge is 2.46. The molecule has 4 aliphatic rings. The van der Waals surface area contributed by atoms with Crippen LogP contribution in [0.3, 0.4) is 0 Å². The second kappa shape index (κ2) is 17.5. The van der Waals surface area contributed by atoms with Crippen molar-refractivity contribution in [3.63, 3.8) is 0 Å². The van der Waals surface area contributed by atoms with Crippen LogP contribution in [0.1, 0.15) is 92.8 Å². The molecule has 0 amide bonds. The molecule has 0 aromatic heterocycles. The largest absolute Gasteiger partial charge is 0.313 e. The first-order chi connectivity index (χ1) is 38.5. The molecule has 0 N–H and O–H groups in total. The number of fused-ring (bicyclic) bond motifs is 13. The number of hydrogen-bond donors (Lipinski definition) is 0. The number of benzene rings is 11. The van der Waals surface area contributed by atoms with Gasteiger partial charge in [0.2, 0.25) is 0 Å². The van der Waals surface area contributed by atoms with Gasteiger partial charge in [0.05, 0.1) is 17.1 Å². The second-order valence-electron chi connectivity index (χ2n) is 23.9. The number of allylic oxidation sites excluding steroid dienone is 4. The Bertz CT molecular complexity index is 4350. The Morgan fingerprint density at radius 3 is 1.29 bits per heavy atom. The predicted molar refractivity (Wildman–Crippen MR) is 334 cm³/mol. The standard InChI is InChI=1S/C77H62N2/c1-75(2)63-45-61-65(76(3,4)67-47-71(55-37-19-21-39-57(55)73(61)67)78(51-31-15-9-16-32-51)69-41-25-23-35-53(69)49-27-11-7-12-28-49)43-59(63)60-44-66-62(46-64(60)75)74-58-40-22-20-38-56(58)72(48-68(74)77(66,5)6)79(52-33-17-10-18-34-52)70-42-26-24-36-54(70)50-29-13-8-14-30-50/h7-35,37-48,54H,36H2,1-6H3. The molecule has 0 bridgehead atoms. The van der Waals surface area contributed by atoms with Crippen LogP contribution in [0.5, 0.6) is 0 Å². The molecule has 4 aliphatic carbocycles. The molecule has 0 fully saturated rings. The topological polar surface area (TPSA) is 6.48 Å². The Hall–Kier alpha value is -8.98. The lowest BCUT2D eigenvalue weighted by atomic mass is 9.78. The van der Waals surface area contributed by atoms with E-state index in [0.29, 0.717) is 0 Å². The Balaban J connectivity index is 0.889. The molecule has 0 saturated heterocycles. The molecule has 1 unspecified atom stereocenters. The van der Waals surface area contributed by atoms with Gasteiger partial charge in [-0.15, -0.1) is 0 Å². The van der Waals surface area contributed by atoms with Crippen molar-refractivity contribution in [2.75, 3.05) is 9.80 Å². The summed E-state index contributed by atoms with van der Waals surface area (Å²) >= 11 is 0. The Labute approximate surface area is 465 Å². The summed E-state index contributed by atoms with van der Waals surface area (Å²) in [6.45, 7) is 14.8. The van der Waals surface area contributed by atoms with E-state index in [-0.39, 0.29) is 22.2 Å². The monoisotopic (exact) mass is 1010 g/mol. The average molecular weight is 1020 g/mol. The van der Waals surface area contributed by atoms with Crippen LogP contribution in [-0.4, -0.2) is 0 Å². The highest BCUT2D eigenvalue weighted by molar-refractivity contribution is 6.13. The fourth-order valence-electron chi connectivity index (χ4n) is 14.6. The molecule has 2 heteroatoms. The SMILES string of the molecule is CC1(C)c2cc3c(cc2-c2cc4c(cc21)-c1c(cc(N(c2ccccc2)c2ccccc2-c2ccccc2)c2ccccc12)C4(C)C)C(C)(C)c1cc(N(C2=CC=CCC2c2ccccc2)c2ccccc2)c2ccccc2c1-3. The molecule has 0 aliphatic heterocycles. The Morgan fingerprint density at radius 2 is 0.747 bits per heavy atom. The van der Waals surface area contributed by atoms with Crippen molar-refractivity contribution in [3.05, 3.63) is 293 Å². The van der Waals surface area contributed by atoms with Gasteiger partial charge in [0, 0.05) is 55.6 Å².